The van der Waals surface area contributed by atoms with E-state index in [-0.39, 0.29) is 35.2 Å². The van der Waals surface area contributed by atoms with Crippen molar-refractivity contribution in [1.82, 2.24) is 10.2 Å². The van der Waals surface area contributed by atoms with Crippen molar-refractivity contribution in [3.8, 4) is 0 Å². The molecule has 2 aromatic carbocycles. The zero-order valence-corrected chi connectivity index (χ0v) is 18.5. The van der Waals surface area contributed by atoms with Gasteiger partial charge in [0.25, 0.3) is 0 Å². The number of rotatable bonds is 9. The first-order valence-corrected chi connectivity index (χ1v) is 11.8. The highest BCUT2D eigenvalue weighted by atomic mass is 35.5. The Kier molecular flexibility index (Phi) is 5.51. The Balaban J connectivity index is 1.33. The molecule has 0 saturated heterocycles. The van der Waals surface area contributed by atoms with E-state index in [1.807, 2.05) is 59.5 Å². The number of benzene rings is 2. The molecule has 5 heteroatoms. The molecular formula is C26H29ClN2O2. The van der Waals surface area contributed by atoms with Gasteiger partial charge in [-0.3, -0.25) is 9.59 Å². The van der Waals surface area contributed by atoms with Crippen LogP contribution in [0.4, 0.5) is 0 Å². The lowest BCUT2D eigenvalue weighted by Crippen LogP contribution is -2.54. The van der Waals surface area contributed by atoms with Gasteiger partial charge < -0.3 is 10.2 Å². The van der Waals surface area contributed by atoms with Crippen molar-refractivity contribution in [2.24, 2.45) is 11.8 Å². The van der Waals surface area contributed by atoms with Gasteiger partial charge in [0.15, 0.2) is 0 Å². The maximum atomic E-state index is 13.6. The molecular weight excluding hydrogens is 408 g/mol. The highest BCUT2D eigenvalue weighted by Gasteiger charge is 2.50. The maximum Gasteiger partial charge on any atom is 0.243 e. The molecule has 1 atom stereocenters. The summed E-state index contributed by atoms with van der Waals surface area (Å²) < 4.78 is 0. The van der Waals surface area contributed by atoms with Gasteiger partial charge in [-0.2, -0.15) is 0 Å². The van der Waals surface area contributed by atoms with Crippen LogP contribution in [-0.2, 0) is 22.6 Å². The quantitative estimate of drug-likeness (QED) is 0.616. The Morgan fingerprint density at radius 2 is 1.65 bits per heavy atom. The third-order valence-corrected chi connectivity index (χ3v) is 7.03. The van der Waals surface area contributed by atoms with Gasteiger partial charge in [-0.25, -0.2) is 0 Å². The molecule has 2 amide bonds. The first kappa shape index (κ1) is 20.6. The minimum atomic E-state index is -0.365. The lowest BCUT2D eigenvalue weighted by Gasteiger charge is -2.33. The fourth-order valence-electron chi connectivity index (χ4n) is 4.51. The molecule has 3 saturated carbocycles. The fraction of sp³-hybridized carbons (Fsp3) is 0.462. The van der Waals surface area contributed by atoms with Crippen LogP contribution in [0.5, 0.6) is 0 Å². The molecule has 0 bridgehead atoms. The van der Waals surface area contributed by atoms with E-state index in [1.54, 1.807) is 0 Å². The number of hydrogen-bond acceptors (Lipinski definition) is 2. The standard InChI is InChI=1S/C26H29ClN2O2/c27-22-12-6-18(7-13-22)16-26(14-15-26)28-24(30)23(20-8-9-20)29(25(31)21-10-11-21)17-19-4-2-1-3-5-19/h1-7,12-13,20-21,23H,8-11,14-17H2,(H,28,30). The van der Waals surface area contributed by atoms with E-state index >= 15 is 0 Å². The third kappa shape index (κ3) is 4.95. The number of carbonyl (C=O) groups is 2. The molecule has 162 valence electrons. The van der Waals surface area contributed by atoms with Crippen LogP contribution in [0.2, 0.25) is 5.02 Å². The molecule has 2 aromatic rings. The van der Waals surface area contributed by atoms with Crippen LogP contribution in [0.1, 0.15) is 49.7 Å². The summed E-state index contributed by atoms with van der Waals surface area (Å²) in [6.45, 7) is 0.509. The van der Waals surface area contributed by atoms with Crippen molar-refractivity contribution >= 4 is 23.4 Å². The molecule has 3 fully saturated rings. The summed E-state index contributed by atoms with van der Waals surface area (Å²) in [5.74, 6) is 0.553. The second-order valence-electron chi connectivity index (χ2n) is 9.58. The van der Waals surface area contributed by atoms with Crippen molar-refractivity contribution < 1.29 is 9.59 Å². The number of halogens is 1. The predicted octanol–water partition coefficient (Wildman–Crippen LogP) is 4.75. The highest BCUT2D eigenvalue weighted by Crippen LogP contribution is 2.42. The normalized spacial score (nSPS) is 20.0. The molecule has 3 aliphatic rings. The van der Waals surface area contributed by atoms with Crippen molar-refractivity contribution in [2.75, 3.05) is 0 Å². The van der Waals surface area contributed by atoms with E-state index in [9.17, 15) is 9.59 Å². The number of hydrogen-bond donors (Lipinski definition) is 1. The topological polar surface area (TPSA) is 49.4 Å². The van der Waals surface area contributed by atoms with Crippen molar-refractivity contribution in [3.63, 3.8) is 0 Å². The molecule has 1 unspecified atom stereocenters. The summed E-state index contributed by atoms with van der Waals surface area (Å²) >= 11 is 6.02. The number of carbonyl (C=O) groups excluding carboxylic acids is 2. The van der Waals surface area contributed by atoms with E-state index in [4.69, 9.17) is 11.6 Å². The molecule has 3 aliphatic carbocycles. The molecule has 31 heavy (non-hydrogen) atoms. The lowest BCUT2D eigenvalue weighted by molar-refractivity contribution is -0.143. The zero-order chi connectivity index (χ0) is 21.4. The smallest absolute Gasteiger partial charge is 0.243 e. The molecule has 4 nitrogen and oxygen atoms in total. The Labute approximate surface area is 189 Å². The molecule has 5 rings (SSSR count). The summed E-state index contributed by atoms with van der Waals surface area (Å²) in [6.07, 6.45) is 6.70. The summed E-state index contributed by atoms with van der Waals surface area (Å²) in [4.78, 5) is 28.7. The SMILES string of the molecule is O=C(NC1(Cc2ccc(Cl)cc2)CC1)C(C1CC1)N(Cc1ccccc1)C(=O)C1CC1. The van der Waals surface area contributed by atoms with E-state index in [2.05, 4.69) is 5.32 Å². The van der Waals surface area contributed by atoms with Gasteiger partial charge in [0, 0.05) is 23.0 Å². The Morgan fingerprint density at radius 1 is 0.968 bits per heavy atom. The van der Waals surface area contributed by atoms with E-state index < -0.39 is 0 Å². The first-order valence-electron chi connectivity index (χ1n) is 11.4. The Hall–Kier alpha value is -2.33. The van der Waals surface area contributed by atoms with Crippen LogP contribution < -0.4 is 5.32 Å². The van der Waals surface area contributed by atoms with Gasteiger partial charge in [-0.05, 0) is 74.1 Å². The van der Waals surface area contributed by atoms with Crippen LogP contribution in [0, 0.1) is 11.8 Å². The van der Waals surface area contributed by atoms with Gasteiger partial charge in [0.2, 0.25) is 11.8 Å². The summed E-state index contributed by atoms with van der Waals surface area (Å²) in [5.41, 5.74) is 2.08. The van der Waals surface area contributed by atoms with Crippen LogP contribution in [0.3, 0.4) is 0 Å². The number of nitrogens with zero attached hydrogens (tertiary/aromatic N) is 1. The Morgan fingerprint density at radius 3 is 2.23 bits per heavy atom. The van der Waals surface area contributed by atoms with Crippen LogP contribution in [0.25, 0.3) is 0 Å². The minimum absolute atomic E-state index is 0.0268. The third-order valence-electron chi connectivity index (χ3n) is 6.78. The summed E-state index contributed by atoms with van der Waals surface area (Å²) in [5, 5.41) is 4.09. The summed E-state index contributed by atoms with van der Waals surface area (Å²) in [6, 6.07) is 17.5. The van der Waals surface area contributed by atoms with Gasteiger partial charge >= 0.3 is 0 Å². The highest BCUT2D eigenvalue weighted by molar-refractivity contribution is 6.30. The molecule has 0 aliphatic heterocycles. The van der Waals surface area contributed by atoms with Gasteiger partial charge in [0.05, 0.1) is 0 Å². The average Bonchev–Trinajstić information content (AvgIpc) is 3.60. The second-order valence-corrected chi connectivity index (χ2v) is 10.0. The zero-order valence-electron chi connectivity index (χ0n) is 17.7. The molecule has 0 heterocycles. The monoisotopic (exact) mass is 436 g/mol. The van der Waals surface area contributed by atoms with Gasteiger partial charge in [-0.15, -0.1) is 0 Å². The molecule has 0 spiro atoms. The predicted molar refractivity (Wildman–Crippen MR) is 121 cm³/mol. The molecule has 1 N–H and O–H groups in total. The van der Waals surface area contributed by atoms with Crippen molar-refractivity contribution in [3.05, 3.63) is 70.7 Å². The van der Waals surface area contributed by atoms with Crippen LogP contribution >= 0.6 is 11.6 Å². The fourth-order valence-corrected chi connectivity index (χ4v) is 4.63. The largest absolute Gasteiger partial charge is 0.349 e. The van der Waals surface area contributed by atoms with Crippen molar-refractivity contribution in [1.29, 1.82) is 0 Å². The van der Waals surface area contributed by atoms with Gasteiger partial charge in [-0.1, -0.05) is 54.1 Å². The number of amides is 2. The van der Waals surface area contributed by atoms with Crippen molar-refractivity contribution in [2.45, 2.75) is 63.1 Å². The van der Waals surface area contributed by atoms with E-state index in [0.29, 0.717) is 6.54 Å². The Bertz CT molecular complexity index is 947. The second kappa shape index (κ2) is 8.31. The van der Waals surface area contributed by atoms with Crippen LogP contribution in [-0.4, -0.2) is 28.3 Å². The maximum absolute atomic E-state index is 13.6. The lowest BCUT2D eigenvalue weighted by atomic mass is 10.0. The summed E-state index contributed by atoms with van der Waals surface area (Å²) in [7, 11) is 0. The van der Waals surface area contributed by atoms with Gasteiger partial charge in [0.1, 0.15) is 6.04 Å². The van der Waals surface area contributed by atoms with E-state index in [0.717, 1.165) is 55.5 Å². The molecule has 0 radical (unpaired) electrons. The van der Waals surface area contributed by atoms with Crippen LogP contribution in [0.15, 0.2) is 54.6 Å². The number of nitrogens with one attached hydrogen (secondary N) is 1. The minimum Gasteiger partial charge on any atom is -0.349 e. The molecule has 0 aromatic heterocycles. The first-order chi connectivity index (χ1) is 15.0. The average molecular weight is 437 g/mol. The van der Waals surface area contributed by atoms with E-state index in [1.165, 1.54) is 5.56 Å².